The van der Waals surface area contributed by atoms with Crippen LogP contribution >= 0.6 is 0 Å². The summed E-state index contributed by atoms with van der Waals surface area (Å²) in [5.74, 6) is 0.125. The second kappa shape index (κ2) is 5.61. The third kappa shape index (κ3) is 3.26. The first-order valence-corrected chi connectivity index (χ1v) is 6.65. The first kappa shape index (κ1) is 13.9. The average Bonchev–Trinajstić information content (AvgIpc) is 2.33. The highest BCUT2D eigenvalue weighted by atomic mass is 16.5. The maximum atomic E-state index is 10.9. The van der Waals surface area contributed by atoms with E-state index < -0.39 is 5.97 Å². The predicted octanol–water partition coefficient (Wildman–Crippen LogP) is 2.49. The Bertz CT molecular complexity index is 466. The smallest absolute Gasteiger partial charge is 0.305 e. The van der Waals surface area contributed by atoms with Crippen molar-refractivity contribution in [2.24, 2.45) is 0 Å². The zero-order valence-corrected chi connectivity index (χ0v) is 11.5. The average molecular weight is 263 g/mol. The molecule has 0 aliphatic heterocycles. The number of aryl methyl sites for hydroxylation is 1. The SMILES string of the molecule is COc1cc(C)ccc1CNC1(CC(=O)O)CCC1. The molecule has 0 atom stereocenters. The van der Waals surface area contributed by atoms with E-state index in [0.717, 1.165) is 36.1 Å². The van der Waals surface area contributed by atoms with Crippen LogP contribution in [0.15, 0.2) is 18.2 Å². The van der Waals surface area contributed by atoms with Gasteiger partial charge in [-0.15, -0.1) is 0 Å². The maximum absolute atomic E-state index is 10.9. The van der Waals surface area contributed by atoms with Crippen molar-refractivity contribution in [1.82, 2.24) is 5.32 Å². The molecule has 0 radical (unpaired) electrons. The van der Waals surface area contributed by atoms with Crippen molar-refractivity contribution in [1.29, 1.82) is 0 Å². The lowest BCUT2D eigenvalue weighted by atomic mass is 9.74. The number of rotatable bonds is 6. The molecule has 0 saturated heterocycles. The predicted molar refractivity (Wildman–Crippen MR) is 73.4 cm³/mol. The highest BCUT2D eigenvalue weighted by Crippen LogP contribution is 2.35. The Kier molecular flexibility index (Phi) is 4.10. The van der Waals surface area contributed by atoms with Crippen LogP contribution in [0.1, 0.15) is 36.8 Å². The Balaban J connectivity index is 2.03. The molecule has 4 heteroatoms. The van der Waals surface area contributed by atoms with Crippen LogP contribution in [0.3, 0.4) is 0 Å². The van der Waals surface area contributed by atoms with Gasteiger partial charge in [-0.3, -0.25) is 4.79 Å². The van der Waals surface area contributed by atoms with Gasteiger partial charge >= 0.3 is 5.97 Å². The fourth-order valence-corrected chi connectivity index (χ4v) is 2.59. The Labute approximate surface area is 113 Å². The molecule has 0 unspecified atom stereocenters. The number of nitrogens with one attached hydrogen (secondary N) is 1. The molecule has 1 saturated carbocycles. The van der Waals surface area contributed by atoms with E-state index in [2.05, 4.69) is 5.32 Å². The van der Waals surface area contributed by atoms with Gasteiger partial charge in [-0.1, -0.05) is 12.1 Å². The summed E-state index contributed by atoms with van der Waals surface area (Å²) in [4.78, 5) is 10.9. The van der Waals surface area contributed by atoms with Crippen molar-refractivity contribution in [2.45, 2.75) is 44.7 Å². The van der Waals surface area contributed by atoms with Crippen LogP contribution in [0.4, 0.5) is 0 Å². The zero-order chi connectivity index (χ0) is 13.9. The normalized spacial score (nSPS) is 16.7. The molecule has 0 aromatic heterocycles. The molecule has 0 spiro atoms. The second-order valence-electron chi connectivity index (χ2n) is 5.37. The Hall–Kier alpha value is -1.55. The number of carbonyl (C=O) groups is 1. The standard InChI is InChI=1S/C15H21NO3/c1-11-4-5-12(13(8-11)19-2)10-16-15(6-3-7-15)9-14(17)18/h4-5,8,16H,3,6-7,9-10H2,1-2H3,(H,17,18). The van der Waals surface area contributed by atoms with Crippen molar-refractivity contribution >= 4 is 5.97 Å². The van der Waals surface area contributed by atoms with Crippen LogP contribution in [0, 0.1) is 6.92 Å². The minimum atomic E-state index is -0.733. The fourth-order valence-electron chi connectivity index (χ4n) is 2.59. The molecule has 0 heterocycles. The minimum Gasteiger partial charge on any atom is -0.496 e. The van der Waals surface area contributed by atoms with Crippen molar-refractivity contribution in [3.63, 3.8) is 0 Å². The van der Waals surface area contributed by atoms with Crippen LogP contribution in [-0.4, -0.2) is 23.7 Å². The Morgan fingerprint density at radius 3 is 2.74 bits per heavy atom. The van der Waals surface area contributed by atoms with Gasteiger partial charge in [-0.2, -0.15) is 0 Å². The molecule has 1 fully saturated rings. The number of carboxylic acids is 1. The van der Waals surface area contributed by atoms with E-state index in [1.54, 1.807) is 7.11 Å². The molecular weight excluding hydrogens is 242 g/mol. The summed E-state index contributed by atoms with van der Waals surface area (Å²) in [5.41, 5.74) is 2.01. The molecule has 0 amide bonds. The Morgan fingerprint density at radius 1 is 1.47 bits per heavy atom. The van der Waals surface area contributed by atoms with Crippen LogP contribution in [-0.2, 0) is 11.3 Å². The van der Waals surface area contributed by atoms with Gasteiger partial charge in [0.1, 0.15) is 5.75 Å². The summed E-state index contributed by atoms with van der Waals surface area (Å²) < 4.78 is 5.37. The summed E-state index contributed by atoms with van der Waals surface area (Å²) in [7, 11) is 1.66. The summed E-state index contributed by atoms with van der Waals surface area (Å²) >= 11 is 0. The zero-order valence-electron chi connectivity index (χ0n) is 11.5. The van der Waals surface area contributed by atoms with Gasteiger partial charge in [0.05, 0.1) is 13.5 Å². The van der Waals surface area contributed by atoms with Crippen molar-refractivity contribution in [3.05, 3.63) is 29.3 Å². The van der Waals surface area contributed by atoms with Crippen LogP contribution < -0.4 is 10.1 Å². The first-order valence-electron chi connectivity index (χ1n) is 6.65. The largest absolute Gasteiger partial charge is 0.496 e. The first-order chi connectivity index (χ1) is 9.04. The maximum Gasteiger partial charge on any atom is 0.305 e. The van der Waals surface area contributed by atoms with Crippen molar-refractivity contribution < 1.29 is 14.6 Å². The third-order valence-corrected chi connectivity index (χ3v) is 3.90. The van der Waals surface area contributed by atoms with Crippen LogP contribution in [0.25, 0.3) is 0 Å². The molecule has 1 aromatic carbocycles. The molecule has 2 rings (SSSR count). The summed E-state index contributed by atoms with van der Waals surface area (Å²) in [5, 5.41) is 12.4. The van der Waals surface area contributed by atoms with Crippen LogP contribution in [0.5, 0.6) is 5.75 Å². The number of hydrogen-bond acceptors (Lipinski definition) is 3. The quantitative estimate of drug-likeness (QED) is 0.828. The lowest BCUT2D eigenvalue weighted by Gasteiger charge is -2.42. The third-order valence-electron chi connectivity index (χ3n) is 3.90. The summed E-state index contributed by atoms with van der Waals surface area (Å²) in [6.45, 7) is 2.67. The molecule has 19 heavy (non-hydrogen) atoms. The lowest BCUT2D eigenvalue weighted by Crippen LogP contribution is -2.51. The molecule has 4 nitrogen and oxygen atoms in total. The lowest BCUT2D eigenvalue weighted by molar-refractivity contribution is -0.139. The van der Waals surface area contributed by atoms with E-state index in [-0.39, 0.29) is 12.0 Å². The van der Waals surface area contributed by atoms with Gasteiger partial charge < -0.3 is 15.2 Å². The van der Waals surface area contributed by atoms with E-state index in [0.29, 0.717) is 6.54 Å². The van der Waals surface area contributed by atoms with Crippen LogP contribution in [0.2, 0.25) is 0 Å². The van der Waals surface area contributed by atoms with Crippen molar-refractivity contribution in [2.75, 3.05) is 7.11 Å². The molecule has 1 aliphatic rings. The topological polar surface area (TPSA) is 58.6 Å². The number of ether oxygens (including phenoxy) is 1. The highest BCUT2D eigenvalue weighted by molar-refractivity contribution is 5.68. The number of carboxylic acid groups (broad SMARTS) is 1. The minimum absolute atomic E-state index is 0.196. The van der Waals surface area contributed by atoms with Gasteiger partial charge in [-0.05, 0) is 37.8 Å². The molecule has 1 aromatic rings. The summed E-state index contributed by atoms with van der Waals surface area (Å²) in [6, 6.07) is 6.08. The second-order valence-corrected chi connectivity index (χ2v) is 5.37. The molecule has 0 bridgehead atoms. The van der Waals surface area contributed by atoms with Gasteiger partial charge in [0.25, 0.3) is 0 Å². The van der Waals surface area contributed by atoms with E-state index in [9.17, 15) is 4.79 Å². The number of aliphatic carboxylic acids is 1. The fraction of sp³-hybridized carbons (Fsp3) is 0.533. The van der Waals surface area contributed by atoms with E-state index in [1.807, 2.05) is 25.1 Å². The van der Waals surface area contributed by atoms with E-state index in [4.69, 9.17) is 9.84 Å². The van der Waals surface area contributed by atoms with E-state index in [1.165, 1.54) is 0 Å². The van der Waals surface area contributed by atoms with Gasteiger partial charge in [0.15, 0.2) is 0 Å². The van der Waals surface area contributed by atoms with Gasteiger partial charge in [0, 0.05) is 17.6 Å². The number of hydrogen-bond donors (Lipinski definition) is 2. The number of benzene rings is 1. The molecule has 2 N–H and O–H groups in total. The molecule has 104 valence electrons. The summed E-state index contributed by atoms with van der Waals surface area (Å²) in [6.07, 6.45) is 3.17. The van der Waals surface area contributed by atoms with E-state index >= 15 is 0 Å². The van der Waals surface area contributed by atoms with Crippen molar-refractivity contribution in [3.8, 4) is 5.75 Å². The molecular formula is C15H21NO3. The monoisotopic (exact) mass is 263 g/mol. The highest BCUT2D eigenvalue weighted by Gasteiger charge is 2.38. The Morgan fingerprint density at radius 2 is 2.21 bits per heavy atom. The van der Waals surface area contributed by atoms with Gasteiger partial charge in [-0.25, -0.2) is 0 Å². The van der Waals surface area contributed by atoms with Gasteiger partial charge in [0.2, 0.25) is 0 Å². The number of methoxy groups -OCH3 is 1. The molecule has 1 aliphatic carbocycles.